The summed E-state index contributed by atoms with van der Waals surface area (Å²) in [7, 11) is -2.54. The lowest BCUT2D eigenvalue weighted by Gasteiger charge is -2.28. The average molecular weight is 382 g/mol. The molecule has 6 nitrogen and oxygen atoms in total. The quantitative estimate of drug-likeness (QED) is 0.340. The second kappa shape index (κ2) is 10.7. The lowest BCUT2D eigenvalue weighted by Crippen LogP contribution is -2.46. The van der Waals surface area contributed by atoms with Crippen molar-refractivity contribution in [2.45, 2.75) is 38.4 Å². The van der Waals surface area contributed by atoms with E-state index in [1.165, 1.54) is 0 Å². The molecule has 0 atom stereocenters. The highest BCUT2D eigenvalue weighted by atomic mass is 32.2. The number of hydrogen-bond donors (Lipinski definition) is 1. The van der Waals surface area contributed by atoms with E-state index in [0.29, 0.717) is 19.8 Å². The van der Waals surface area contributed by atoms with E-state index in [0.717, 1.165) is 34.8 Å². The summed E-state index contributed by atoms with van der Waals surface area (Å²) in [6.45, 7) is 7.77. The molecule has 0 bridgehead atoms. The first-order valence-electron chi connectivity index (χ1n) is 8.75. The molecule has 138 valence electrons. The predicted molar refractivity (Wildman–Crippen MR) is 103 cm³/mol. The maximum atomic E-state index is 5.87. The van der Waals surface area contributed by atoms with Gasteiger partial charge in [0.15, 0.2) is 5.82 Å². The smallest absolute Gasteiger partial charge is 0.374 e. The second-order valence-corrected chi connectivity index (χ2v) is 9.06. The van der Waals surface area contributed by atoms with Crippen LogP contribution >= 0.6 is 11.8 Å². The summed E-state index contributed by atoms with van der Waals surface area (Å²) in [4.78, 5) is 4.54. The summed E-state index contributed by atoms with van der Waals surface area (Å²) in [6, 6.07) is 10.8. The molecule has 2 rings (SSSR count). The standard InChI is InChI=1S/C17H27N3O3SSi/c1-4-21-25(22-5-2,23-6-3)14-10-13-24-17-18-16(19-20-17)15-11-8-7-9-12-15/h7-9,11-12H,4-6,10,13-14H2,1-3H3,(H,18,19,20). The number of hydrogen-bond acceptors (Lipinski definition) is 6. The van der Waals surface area contributed by atoms with Crippen LogP contribution in [0.15, 0.2) is 35.5 Å². The Hall–Kier alpha value is -1.19. The summed E-state index contributed by atoms with van der Waals surface area (Å²) in [5.41, 5.74) is 1.04. The maximum Gasteiger partial charge on any atom is 0.500 e. The number of rotatable bonds is 12. The minimum atomic E-state index is -2.54. The largest absolute Gasteiger partial charge is 0.500 e. The van der Waals surface area contributed by atoms with E-state index in [4.69, 9.17) is 13.3 Å². The van der Waals surface area contributed by atoms with Crippen molar-refractivity contribution in [3.05, 3.63) is 30.3 Å². The van der Waals surface area contributed by atoms with Gasteiger partial charge in [0.1, 0.15) is 0 Å². The zero-order valence-corrected chi connectivity index (χ0v) is 17.0. The summed E-state index contributed by atoms with van der Waals surface area (Å²) in [6.07, 6.45) is 0.937. The zero-order chi connectivity index (χ0) is 18.0. The van der Waals surface area contributed by atoms with Crippen molar-refractivity contribution in [1.82, 2.24) is 15.2 Å². The van der Waals surface area contributed by atoms with Gasteiger partial charge >= 0.3 is 8.80 Å². The zero-order valence-electron chi connectivity index (χ0n) is 15.2. The molecule has 0 unspecified atom stereocenters. The molecule has 1 N–H and O–H groups in total. The van der Waals surface area contributed by atoms with Crippen LogP contribution in [0.1, 0.15) is 27.2 Å². The summed E-state index contributed by atoms with van der Waals surface area (Å²) in [5, 5.41) is 8.03. The summed E-state index contributed by atoms with van der Waals surface area (Å²) < 4.78 is 17.6. The predicted octanol–water partition coefficient (Wildman–Crippen LogP) is 4.00. The highest BCUT2D eigenvalue weighted by molar-refractivity contribution is 7.99. The Labute approximate surface area is 155 Å². The van der Waals surface area contributed by atoms with Crippen LogP contribution in [-0.4, -0.2) is 49.6 Å². The van der Waals surface area contributed by atoms with Gasteiger partial charge in [-0.3, -0.25) is 5.10 Å². The van der Waals surface area contributed by atoms with Gasteiger partial charge in [-0.1, -0.05) is 42.1 Å². The third kappa shape index (κ3) is 6.23. The van der Waals surface area contributed by atoms with Crippen LogP contribution in [-0.2, 0) is 13.3 Å². The average Bonchev–Trinajstić information content (AvgIpc) is 3.09. The van der Waals surface area contributed by atoms with Gasteiger partial charge in [0.05, 0.1) is 0 Å². The van der Waals surface area contributed by atoms with E-state index in [1.807, 2.05) is 51.1 Å². The topological polar surface area (TPSA) is 69.3 Å². The van der Waals surface area contributed by atoms with Crippen molar-refractivity contribution in [2.24, 2.45) is 0 Å². The van der Waals surface area contributed by atoms with E-state index in [2.05, 4.69) is 15.2 Å². The lowest BCUT2D eigenvalue weighted by atomic mass is 10.2. The van der Waals surface area contributed by atoms with Crippen LogP contribution in [0.4, 0.5) is 0 Å². The molecule has 1 heterocycles. The number of nitrogens with one attached hydrogen (secondary N) is 1. The SMILES string of the molecule is CCO[Si](CCCSc1n[nH]c(-c2ccccc2)n1)(OCC)OCC. The van der Waals surface area contributed by atoms with Gasteiger partial charge in [0.25, 0.3) is 0 Å². The molecular formula is C17H27N3O3SSi. The van der Waals surface area contributed by atoms with Gasteiger partial charge in [0.2, 0.25) is 5.16 Å². The Morgan fingerprint density at radius 2 is 1.64 bits per heavy atom. The van der Waals surface area contributed by atoms with E-state index < -0.39 is 8.80 Å². The van der Waals surface area contributed by atoms with E-state index in [1.54, 1.807) is 11.8 Å². The summed E-state index contributed by atoms with van der Waals surface area (Å²) >= 11 is 1.63. The number of H-pyrrole nitrogens is 1. The molecule has 2 aromatic rings. The Balaban J connectivity index is 1.84. The third-order valence-electron chi connectivity index (χ3n) is 3.46. The molecule has 0 aliphatic heterocycles. The number of aromatic amines is 1. The minimum absolute atomic E-state index is 0.612. The van der Waals surface area contributed by atoms with Crippen molar-refractivity contribution in [3.8, 4) is 11.4 Å². The first-order chi connectivity index (χ1) is 12.2. The molecule has 0 spiro atoms. The first-order valence-corrected chi connectivity index (χ1v) is 11.7. The van der Waals surface area contributed by atoms with Crippen LogP contribution in [0.5, 0.6) is 0 Å². The molecule has 0 saturated heterocycles. The van der Waals surface area contributed by atoms with Crippen LogP contribution < -0.4 is 0 Å². The molecule has 8 heteroatoms. The molecule has 0 saturated carbocycles. The molecule has 1 aromatic heterocycles. The fourth-order valence-electron chi connectivity index (χ4n) is 2.49. The fraction of sp³-hybridized carbons (Fsp3) is 0.529. The highest BCUT2D eigenvalue weighted by Gasteiger charge is 2.39. The third-order valence-corrected chi connectivity index (χ3v) is 7.55. The van der Waals surface area contributed by atoms with Gasteiger partial charge in [-0.15, -0.1) is 5.10 Å². The Morgan fingerprint density at radius 3 is 2.24 bits per heavy atom. The molecule has 0 aliphatic rings. The van der Waals surface area contributed by atoms with Crippen LogP contribution in [0.3, 0.4) is 0 Å². The molecular weight excluding hydrogens is 354 g/mol. The molecule has 0 amide bonds. The van der Waals surface area contributed by atoms with Crippen molar-refractivity contribution in [1.29, 1.82) is 0 Å². The Morgan fingerprint density at radius 1 is 1.00 bits per heavy atom. The van der Waals surface area contributed by atoms with Gasteiger partial charge in [0, 0.05) is 37.2 Å². The molecule has 0 aliphatic carbocycles. The number of nitrogens with zero attached hydrogens (tertiary/aromatic N) is 2. The van der Waals surface area contributed by atoms with Gasteiger partial charge in [-0.25, -0.2) is 4.98 Å². The lowest BCUT2D eigenvalue weighted by molar-refractivity contribution is 0.0712. The first kappa shape index (κ1) is 20.1. The van der Waals surface area contributed by atoms with Crippen LogP contribution in [0.2, 0.25) is 6.04 Å². The molecule has 0 fully saturated rings. The van der Waals surface area contributed by atoms with E-state index in [-0.39, 0.29) is 0 Å². The van der Waals surface area contributed by atoms with E-state index in [9.17, 15) is 0 Å². The van der Waals surface area contributed by atoms with Crippen molar-refractivity contribution in [2.75, 3.05) is 25.6 Å². The molecule has 1 aromatic carbocycles. The van der Waals surface area contributed by atoms with Crippen molar-refractivity contribution >= 4 is 20.6 Å². The molecule has 25 heavy (non-hydrogen) atoms. The van der Waals surface area contributed by atoms with Crippen molar-refractivity contribution < 1.29 is 13.3 Å². The van der Waals surface area contributed by atoms with E-state index >= 15 is 0 Å². The highest BCUT2D eigenvalue weighted by Crippen LogP contribution is 2.23. The minimum Gasteiger partial charge on any atom is -0.374 e. The molecule has 0 radical (unpaired) electrons. The monoisotopic (exact) mass is 381 g/mol. The van der Waals surface area contributed by atoms with Crippen molar-refractivity contribution in [3.63, 3.8) is 0 Å². The Kier molecular flexibility index (Phi) is 8.63. The normalized spacial score (nSPS) is 11.8. The van der Waals surface area contributed by atoms with Crippen LogP contribution in [0.25, 0.3) is 11.4 Å². The number of aromatic nitrogens is 3. The van der Waals surface area contributed by atoms with Gasteiger partial charge in [-0.2, -0.15) is 0 Å². The Bertz CT molecular complexity index is 595. The van der Waals surface area contributed by atoms with Gasteiger partial charge < -0.3 is 13.3 Å². The fourth-order valence-corrected chi connectivity index (χ4v) is 6.10. The number of benzene rings is 1. The second-order valence-electron chi connectivity index (χ2n) is 5.27. The van der Waals surface area contributed by atoms with Gasteiger partial charge in [-0.05, 0) is 27.2 Å². The number of thioether (sulfide) groups is 1. The maximum absolute atomic E-state index is 5.87. The van der Waals surface area contributed by atoms with Crippen LogP contribution in [0, 0.1) is 0 Å². The summed E-state index contributed by atoms with van der Waals surface area (Å²) in [5.74, 6) is 1.69.